The number of benzene rings is 5. The summed E-state index contributed by atoms with van der Waals surface area (Å²) in [5, 5.41) is 2.30. The van der Waals surface area contributed by atoms with Crippen molar-refractivity contribution in [2.24, 2.45) is 4.99 Å². The van der Waals surface area contributed by atoms with E-state index in [9.17, 15) is 9.59 Å². The van der Waals surface area contributed by atoms with Crippen molar-refractivity contribution in [1.29, 1.82) is 0 Å². The van der Waals surface area contributed by atoms with E-state index in [2.05, 4.69) is 24.3 Å². The Morgan fingerprint density at radius 3 is 2.33 bits per heavy atom. The molecule has 0 unspecified atom stereocenters. The molecular formula is C41H34N2O5S. The summed E-state index contributed by atoms with van der Waals surface area (Å²) in [5.74, 6) is 0.695. The fraction of sp³-hybridized carbons (Fsp3) is 0.146. The zero-order valence-corrected chi connectivity index (χ0v) is 28.0. The summed E-state index contributed by atoms with van der Waals surface area (Å²) >= 11 is 1.28. The molecule has 1 aliphatic rings. The van der Waals surface area contributed by atoms with Crippen LogP contribution in [0.2, 0.25) is 0 Å². The third-order valence-electron chi connectivity index (χ3n) is 8.32. The van der Waals surface area contributed by atoms with Crippen molar-refractivity contribution in [3.05, 3.63) is 169 Å². The molecule has 8 heteroatoms. The molecule has 0 amide bonds. The maximum absolute atomic E-state index is 14.3. The molecule has 1 aliphatic heterocycles. The molecule has 0 bridgehead atoms. The van der Waals surface area contributed by atoms with Crippen LogP contribution in [-0.4, -0.2) is 23.8 Å². The lowest BCUT2D eigenvalue weighted by atomic mass is 9.93. The highest BCUT2D eigenvalue weighted by molar-refractivity contribution is 7.07. The third-order valence-corrected chi connectivity index (χ3v) is 9.30. The van der Waals surface area contributed by atoms with Gasteiger partial charge in [-0.1, -0.05) is 121 Å². The van der Waals surface area contributed by atoms with Crippen LogP contribution in [0.5, 0.6) is 11.5 Å². The predicted octanol–water partition coefficient (Wildman–Crippen LogP) is 7.07. The molecule has 0 radical (unpaired) electrons. The van der Waals surface area contributed by atoms with Crippen molar-refractivity contribution >= 4 is 39.9 Å². The molecule has 0 aliphatic carbocycles. The Labute approximate surface area is 287 Å². The van der Waals surface area contributed by atoms with Crippen molar-refractivity contribution in [3.63, 3.8) is 0 Å². The van der Waals surface area contributed by atoms with Crippen LogP contribution in [-0.2, 0) is 16.1 Å². The average molecular weight is 667 g/mol. The van der Waals surface area contributed by atoms with Gasteiger partial charge in [-0.05, 0) is 59.5 Å². The number of hydrogen-bond donors (Lipinski definition) is 0. The van der Waals surface area contributed by atoms with E-state index in [-0.39, 0.29) is 12.2 Å². The minimum atomic E-state index is -0.724. The average Bonchev–Trinajstić information content (AvgIpc) is 3.45. The first-order valence-electron chi connectivity index (χ1n) is 16.3. The summed E-state index contributed by atoms with van der Waals surface area (Å²) in [7, 11) is 0. The van der Waals surface area contributed by atoms with Gasteiger partial charge >= 0.3 is 5.97 Å². The van der Waals surface area contributed by atoms with E-state index in [1.54, 1.807) is 11.5 Å². The Morgan fingerprint density at radius 1 is 0.816 bits per heavy atom. The quantitative estimate of drug-likeness (QED) is 0.146. The third kappa shape index (κ3) is 6.43. The van der Waals surface area contributed by atoms with E-state index in [1.165, 1.54) is 11.3 Å². The second-order valence-electron chi connectivity index (χ2n) is 11.4. The highest BCUT2D eigenvalue weighted by Crippen LogP contribution is 2.35. The summed E-state index contributed by atoms with van der Waals surface area (Å²) in [6.45, 7) is 4.72. The molecule has 2 heterocycles. The summed E-state index contributed by atoms with van der Waals surface area (Å²) in [4.78, 5) is 33.3. The Balaban J connectivity index is 1.31. The van der Waals surface area contributed by atoms with Gasteiger partial charge in [-0.25, -0.2) is 9.79 Å². The molecule has 0 N–H and O–H groups in total. The minimum absolute atomic E-state index is 0.195. The fourth-order valence-corrected chi connectivity index (χ4v) is 7.12. The number of rotatable bonds is 10. The van der Waals surface area contributed by atoms with Crippen LogP contribution in [0.1, 0.15) is 42.1 Å². The molecule has 0 saturated carbocycles. The summed E-state index contributed by atoms with van der Waals surface area (Å²) in [6.07, 6.45) is 1.83. The zero-order chi connectivity index (χ0) is 33.7. The smallest absolute Gasteiger partial charge is 0.338 e. The number of carbonyl (C=O) groups is 1. The molecule has 7 nitrogen and oxygen atoms in total. The first-order chi connectivity index (χ1) is 24.1. The Hall–Kier alpha value is -5.73. The number of hydrogen-bond acceptors (Lipinski definition) is 7. The van der Waals surface area contributed by atoms with Gasteiger partial charge < -0.3 is 14.2 Å². The molecule has 0 fully saturated rings. The van der Waals surface area contributed by atoms with Gasteiger partial charge in [0.1, 0.15) is 6.61 Å². The number of fused-ring (bicyclic) bond motifs is 2. The second kappa shape index (κ2) is 14.2. The lowest BCUT2D eigenvalue weighted by molar-refractivity contribution is -0.138. The molecule has 244 valence electrons. The van der Waals surface area contributed by atoms with E-state index >= 15 is 0 Å². The second-order valence-corrected chi connectivity index (χ2v) is 12.4. The van der Waals surface area contributed by atoms with Crippen molar-refractivity contribution in [2.75, 3.05) is 13.2 Å². The first kappa shape index (κ1) is 31.8. The van der Waals surface area contributed by atoms with Crippen LogP contribution in [0.3, 0.4) is 0 Å². The van der Waals surface area contributed by atoms with E-state index in [0.717, 1.165) is 33.0 Å². The van der Waals surface area contributed by atoms with Gasteiger partial charge in [0.05, 0.1) is 35.1 Å². The number of aromatic nitrogens is 1. The number of thiazole rings is 1. The molecule has 49 heavy (non-hydrogen) atoms. The molecular weight excluding hydrogens is 633 g/mol. The molecule has 7 rings (SSSR count). The monoisotopic (exact) mass is 666 g/mol. The largest absolute Gasteiger partial charge is 0.490 e. The maximum Gasteiger partial charge on any atom is 0.338 e. The number of carbonyl (C=O) groups excluding carboxylic acids is 1. The van der Waals surface area contributed by atoms with Gasteiger partial charge in [0.25, 0.3) is 5.56 Å². The van der Waals surface area contributed by atoms with Crippen molar-refractivity contribution in [2.45, 2.75) is 26.5 Å². The standard InChI is InChI=1S/C41H34N2O5S/c1-3-46-34-24-27(22-23-33(34)48-26-31-20-13-19-28-14-11-12-21-32(28)31)25-35-39(44)43-38(30-17-9-6-10-18-30)36(40(45)47-4-2)37(42-41(43)49-35)29-15-7-5-8-16-29/h5-25,38H,3-4,26H2,1-2H3/b35-25-/t38-/m1/s1. The van der Waals surface area contributed by atoms with Gasteiger partial charge in [0.2, 0.25) is 0 Å². The van der Waals surface area contributed by atoms with Crippen LogP contribution >= 0.6 is 11.3 Å². The van der Waals surface area contributed by atoms with Crippen LogP contribution in [0.15, 0.2) is 137 Å². The zero-order valence-electron chi connectivity index (χ0n) is 27.2. The normalized spacial score (nSPS) is 14.3. The van der Waals surface area contributed by atoms with Crippen molar-refractivity contribution in [1.82, 2.24) is 4.57 Å². The summed E-state index contributed by atoms with van der Waals surface area (Å²) in [6, 6.07) is 38.4. The molecule has 6 aromatic rings. The fourth-order valence-electron chi connectivity index (χ4n) is 6.12. The SMILES string of the molecule is CCOC(=O)C1=C(c2ccccc2)N=c2s/c(=C\c3ccc(OCc4cccc5ccccc45)c(OCC)c3)c(=O)n2[C@@H]1c1ccccc1. The number of nitrogens with zero attached hydrogens (tertiary/aromatic N) is 2. The van der Waals surface area contributed by atoms with Gasteiger partial charge in [-0.15, -0.1) is 0 Å². The Kier molecular flexibility index (Phi) is 9.21. The molecule has 1 atom stereocenters. The van der Waals surface area contributed by atoms with Crippen molar-refractivity contribution in [3.8, 4) is 11.5 Å². The van der Waals surface area contributed by atoms with E-state index in [0.29, 0.717) is 45.3 Å². The van der Waals surface area contributed by atoms with E-state index < -0.39 is 12.0 Å². The molecule has 5 aromatic carbocycles. The van der Waals surface area contributed by atoms with Crippen LogP contribution in [0.25, 0.3) is 22.5 Å². The minimum Gasteiger partial charge on any atom is -0.490 e. The van der Waals surface area contributed by atoms with Gasteiger partial charge in [-0.2, -0.15) is 0 Å². The summed E-state index contributed by atoms with van der Waals surface area (Å²) in [5.41, 5.74) is 3.97. The molecule has 0 spiro atoms. The first-order valence-corrected chi connectivity index (χ1v) is 17.1. The number of esters is 1. The Morgan fingerprint density at radius 2 is 1.55 bits per heavy atom. The highest BCUT2D eigenvalue weighted by atomic mass is 32.1. The maximum atomic E-state index is 14.3. The van der Waals surface area contributed by atoms with Crippen molar-refractivity contribution < 1.29 is 19.0 Å². The van der Waals surface area contributed by atoms with Crippen LogP contribution in [0.4, 0.5) is 0 Å². The predicted molar refractivity (Wildman–Crippen MR) is 193 cm³/mol. The van der Waals surface area contributed by atoms with Crippen LogP contribution in [0, 0.1) is 0 Å². The lowest BCUT2D eigenvalue weighted by Gasteiger charge is -2.25. The van der Waals surface area contributed by atoms with Gasteiger partial charge in [0, 0.05) is 5.56 Å². The lowest BCUT2D eigenvalue weighted by Crippen LogP contribution is -2.39. The van der Waals surface area contributed by atoms with Gasteiger partial charge in [-0.3, -0.25) is 9.36 Å². The van der Waals surface area contributed by atoms with Crippen LogP contribution < -0.4 is 24.4 Å². The highest BCUT2D eigenvalue weighted by Gasteiger charge is 2.35. The molecule has 1 aromatic heterocycles. The van der Waals surface area contributed by atoms with Gasteiger partial charge in [0.15, 0.2) is 16.3 Å². The van der Waals surface area contributed by atoms with E-state index in [1.807, 2.05) is 110 Å². The number of ether oxygens (including phenoxy) is 3. The van der Waals surface area contributed by atoms with E-state index in [4.69, 9.17) is 19.2 Å². The topological polar surface area (TPSA) is 79.1 Å². The molecule has 0 saturated heterocycles. The summed E-state index contributed by atoms with van der Waals surface area (Å²) < 4.78 is 19.9. The Bertz CT molecular complexity index is 2360.